The molecule has 0 aliphatic rings. The van der Waals surface area contributed by atoms with Crippen molar-refractivity contribution in [3.05, 3.63) is 29.5 Å². The number of aromatic amines is 1. The molecule has 1 aromatic heterocycles. The van der Waals surface area contributed by atoms with E-state index in [1.54, 1.807) is 0 Å². The highest BCUT2D eigenvalue weighted by Crippen LogP contribution is 2.17. The zero-order valence-corrected chi connectivity index (χ0v) is 13.0. The van der Waals surface area contributed by atoms with Crippen LogP contribution in [0.3, 0.4) is 0 Å². The van der Waals surface area contributed by atoms with Crippen LogP contribution >= 0.6 is 0 Å². The Bertz CT molecular complexity index is 765. The molecule has 2 rings (SSSR count). The summed E-state index contributed by atoms with van der Waals surface area (Å²) in [5.74, 6) is -0.534. The number of fused-ring (bicyclic) bond motifs is 1. The van der Waals surface area contributed by atoms with Crippen molar-refractivity contribution in [3.63, 3.8) is 0 Å². The summed E-state index contributed by atoms with van der Waals surface area (Å²) in [4.78, 5) is 12.1. The predicted molar refractivity (Wildman–Crippen MR) is 80.6 cm³/mol. The highest BCUT2D eigenvalue weighted by molar-refractivity contribution is 7.89. The number of hydrogen-bond acceptors (Lipinski definition) is 4. The standard InChI is InChI=1S/C13H18N4O3S/c1-9-4-5-11-10(8-9)12(16-15-11)13(18)14-6-7-21(19,20)17(2)3/h4-5,8H,6-7H2,1-3H3,(H,14,18)(H,15,16). The summed E-state index contributed by atoms with van der Waals surface area (Å²) in [6, 6.07) is 5.64. The average Bonchev–Trinajstić information content (AvgIpc) is 2.81. The van der Waals surface area contributed by atoms with E-state index >= 15 is 0 Å². The second-order valence-electron chi connectivity index (χ2n) is 4.98. The molecule has 0 unspecified atom stereocenters. The van der Waals surface area contributed by atoms with E-state index in [9.17, 15) is 13.2 Å². The third-order valence-electron chi connectivity index (χ3n) is 3.14. The Morgan fingerprint density at radius 1 is 1.38 bits per heavy atom. The number of aryl methyl sites for hydroxylation is 1. The largest absolute Gasteiger partial charge is 0.350 e. The molecular formula is C13H18N4O3S. The van der Waals surface area contributed by atoms with Crippen molar-refractivity contribution in [2.75, 3.05) is 26.4 Å². The molecule has 0 atom stereocenters. The maximum absolute atomic E-state index is 12.1. The number of carbonyl (C=O) groups excluding carboxylic acids is 1. The van der Waals surface area contributed by atoms with Crippen molar-refractivity contribution in [2.45, 2.75) is 6.92 Å². The topological polar surface area (TPSA) is 95.2 Å². The van der Waals surface area contributed by atoms with Gasteiger partial charge < -0.3 is 5.32 Å². The van der Waals surface area contributed by atoms with Crippen molar-refractivity contribution >= 4 is 26.8 Å². The number of aromatic nitrogens is 2. The van der Waals surface area contributed by atoms with Gasteiger partial charge in [-0.3, -0.25) is 9.89 Å². The smallest absolute Gasteiger partial charge is 0.272 e. The van der Waals surface area contributed by atoms with Gasteiger partial charge in [-0.1, -0.05) is 11.6 Å². The Balaban J connectivity index is 2.08. The third-order valence-corrected chi connectivity index (χ3v) is 4.97. The lowest BCUT2D eigenvalue weighted by Crippen LogP contribution is -2.34. The first-order chi connectivity index (χ1) is 9.81. The van der Waals surface area contributed by atoms with Crippen LogP contribution in [0.15, 0.2) is 18.2 Å². The molecule has 21 heavy (non-hydrogen) atoms. The fourth-order valence-corrected chi connectivity index (χ4v) is 2.59. The molecule has 0 aliphatic carbocycles. The molecule has 7 nitrogen and oxygen atoms in total. The molecule has 0 fully saturated rings. The van der Waals surface area contributed by atoms with Crippen LogP contribution in [-0.2, 0) is 10.0 Å². The number of sulfonamides is 1. The molecule has 0 saturated carbocycles. The lowest BCUT2D eigenvalue weighted by atomic mass is 10.1. The van der Waals surface area contributed by atoms with Crippen LogP contribution in [-0.4, -0.2) is 55.2 Å². The molecular weight excluding hydrogens is 292 g/mol. The van der Waals surface area contributed by atoms with E-state index in [0.29, 0.717) is 0 Å². The van der Waals surface area contributed by atoms with Gasteiger partial charge in [-0.25, -0.2) is 12.7 Å². The number of benzene rings is 1. The molecule has 1 heterocycles. The van der Waals surface area contributed by atoms with Crippen LogP contribution in [0.2, 0.25) is 0 Å². The molecule has 0 aliphatic heterocycles. The second-order valence-corrected chi connectivity index (χ2v) is 7.28. The molecule has 8 heteroatoms. The Morgan fingerprint density at radius 3 is 2.76 bits per heavy atom. The van der Waals surface area contributed by atoms with Gasteiger partial charge in [0.05, 0.1) is 11.3 Å². The molecule has 2 N–H and O–H groups in total. The highest BCUT2D eigenvalue weighted by Gasteiger charge is 2.17. The van der Waals surface area contributed by atoms with Crippen molar-refractivity contribution in [1.29, 1.82) is 0 Å². The number of nitrogens with one attached hydrogen (secondary N) is 2. The Labute approximate surface area is 123 Å². The first-order valence-electron chi connectivity index (χ1n) is 6.44. The van der Waals surface area contributed by atoms with E-state index in [1.165, 1.54) is 14.1 Å². The molecule has 1 aromatic carbocycles. The Hall–Kier alpha value is -1.93. The van der Waals surface area contributed by atoms with Crippen LogP contribution in [0.1, 0.15) is 16.1 Å². The molecule has 114 valence electrons. The minimum Gasteiger partial charge on any atom is -0.350 e. The average molecular weight is 310 g/mol. The van der Waals surface area contributed by atoms with E-state index < -0.39 is 10.0 Å². The summed E-state index contributed by atoms with van der Waals surface area (Å²) in [5, 5.41) is 10.1. The van der Waals surface area contributed by atoms with Gasteiger partial charge >= 0.3 is 0 Å². The molecule has 0 bridgehead atoms. The fourth-order valence-electron chi connectivity index (χ4n) is 1.86. The van der Waals surface area contributed by atoms with Crippen LogP contribution in [0.25, 0.3) is 10.9 Å². The van der Waals surface area contributed by atoms with Crippen molar-refractivity contribution in [2.24, 2.45) is 0 Å². The fraction of sp³-hybridized carbons (Fsp3) is 0.385. The zero-order valence-electron chi connectivity index (χ0n) is 12.2. The van der Waals surface area contributed by atoms with Gasteiger partial charge in [0, 0.05) is 26.0 Å². The van der Waals surface area contributed by atoms with Crippen LogP contribution in [0.5, 0.6) is 0 Å². The lowest BCUT2D eigenvalue weighted by Gasteiger charge is -2.11. The quantitative estimate of drug-likeness (QED) is 0.840. The monoisotopic (exact) mass is 310 g/mol. The molecule has 0 spiro atoms. The molecule has 0 radical (unpaired) electrons. The van der Waals surface area contributed by atoms with Crippen molar-refractivity contribution in [1.82, 2.24) is 19.8 Å². The summed E-state index contributed by atoms with van der Waals surface area (Å²) in [6.45, 7) is 1.97. The van der Waals surface area contributed by atoms with Gasteiger partial charge in [-0.2, -0.15) is 5.10 Å². The number of carbonyl (C=O) groups is 1. The van der Waals surface area contributed by atoms with Gasteiger partial charge in [0.25, 0.3) is 5.91 Å². The van der Waals surface area contributed by atoms with Crippen molar-refractivity contribution in [3.8, 4) is 0 Å². The van der Waals surface area contributed by atoms with Gasteiger partial charge in [-0.15, -0.1) is 0 Å². The number of H-pyrrole nitrogens is 1. The predicted octanol–water partition coefficient (Wildman–Crippen LogP) is 0.493. The number of hydrogen-bond donors (Lipinski definition) is 2. The Morgan fingerprint density at radius 2 is 2.10 bits per heavy atom. The lowest BCUT2D eigenvalue weighted by molar-refractivity contribution is 0.0952. The number of amides is 1. The van der Waals surface area contributed by atoms with Crippen LogP contribution < -0.4 is 5.32 Å². The zero-order chi connectivity index (χ0) is 15.6. The normalized spacial score (nSPS) is 12.0. The summed E-state index contributed by atoms with van der Waals surface area (Å²) >= 11 is 0. The van der Waals surface area contributed by atoms with Gasteiger partial charge in [0.1, 0.15) is 0 Å². The Kier molecular flexibility index (Phi) is 4.29. The SMILES string of the molecule is Cc1ccc2[nH]nc(C(=O)NCCS(=O)(=O)N(C)C)c2c1. The molecule has 1 amide bonds. The number of nitrogens with zero attached hydrogens (tertiary/aromatic N) is 2. The minimum atomic E-state index is -3.32. The van der Waals surface area contributed by atoms with Gasteiger partial charge in [-0.05, 0) is 19.1 Å². The van der Waals surface area contributed by atoms with E-state index in [4.69, 9.17) is 0 Å². The first-order valence-corrected chi connectivity index (χ1v) is 8.05. The van der Waals surface area contributed by atoms with Gasteiger partial charge in [0.15, 0.2) is 5.69 Å². The van der Waals surface area contributed by atoms with E-state index in [2.05, 4.69) is 15.5 Å². The van der Waals surface area contributed by atoms with Gasteiger partial charge in [0.2, 0.25) is 10.0 Å². The number of rotatable bonds is 5. The van der Waals surface area contributed by atoms with Crippen molar-refractivity contribution < 1.29 is 13.2 Å². The summed E-state index contributed by atoms with van der Waals surface area (Å²) < 4.78 is 24.3. The maximum atomic E-state index is 12.1. The summed E-state index contributed by atoms with van der Waals surface area (Å²) in [5.41, 5.74) is 2.07. The highest BCUT2D eigenvalue weighted by atomic mass is 32.2. The van der Waals surface area contributed by atoms with Crippen LogP contribution in [0, 0.1) is 6.92 Å². The maximum Gasteiger partial charge on any atom is 0.272 e. The summed E-state index contributed by atoms with van der Waals surface area (Å²) in [7, 11) is -0.403. The van der Waals surface area contributed by atoms with Crippen LogP contribution in [0.4, 0.5) is 0 Å². The molecule has 2 aromatic rings. The minimum absolute atomic E-state index is 0.0412. The van der Waals surface area contributed by atoms with E-state index in [0.717, 1.165) is 20.8 Å². The second kappa shape index (κ2) is 5.82. The first kappa shape index (κ1) is 15.5. The van der Waals surface area contributed by atoms with E-state index in [1.807, 2.05) is 25.1 Å². The third kappa shape index (κ3) is 3.40. The summed E-state index contributed by atoms with van der Waals surface area (Å²) in [6.07, 6.45) is 0. The van der Waals surface area contributed by atoms with E-state index in [-0.39, 0.29) is 23.9 Å². The molecule has 0 saturated heterocycles.